The van der Waals surface area contributed by atoms with Crippen LogP contribution in [0.2, 0.25) is 0 Å². The van der Waals surface area contributed by atoms with Crippen molar-refractivity contribution in [2.24, 2.45) is 0 Å². The molecule has 0 unspecified atom stereocenters. The van der Waals surface area contributed by atoms with Crippen molar-refractivity contribution in [3.63, 3.8) is 0 Å². The van der Waals surface area contributed by atoms with Gasteiger partial charge in [-0.2, -0.15) is 0 Å². The van der Waals surface area contributed by atoms with E-state index in [1.807, 2.05) is 6.92 Å². The van der Waals surface area contributed by atoms with Crippen LogP contribution in [0, 0.1) is 28.7 Å². The average molecular weight is 531 g/mol. The Balaban J connectivity index is 1.27. The van der Waals surface area contributed by atoms with Gasteiger partial charge >= 0.3 is 13.4 Å². The van der Waals surface area contributed by atoms with Crippen molar-refractivity contribution >= 4 is 13.4 Å². The lowest BCUT2D eigenvalue weighted by atomic mass is 10.2. The largest absolute Gasteiger partial charge is 0.483 e. The molecule has 0 atom stereocenters. The van der Waals surface area contributed by atoms with Crippen LogP contribution < -0.4 is 9.47 Å². The minimum absolute atomic E-state index is 0.0226. The molecule has 0 saturated carbocycles. The Hall–Kier alpha value is -3.37. The number of aryl methyl sites for hydroxylation is 1. The van der Waals surface area contributed by atoms with E-state index < -0.39 is 30.0 Å². The van der Waals surface area contributed by atoms with Gasteiger partial charge in [-0.15, -0.1) is 0 Å². The molecule has 12 heteroatoms. The van der Waals surface area contributed by atoms with E-state index in [2.05, 4.69) is 0 Å². The molecule has 0 radical (unpaired) electrons. The van der Waals surface area contributed by atoms with E-state index >= 15 is 0 Å². The Kier molecular flexibility index (Phi) is 6.96. The van der Waals surface area contributed by atoms with E-state index in [9.17, 15) is 23.5 Å². The van der Waals surface area contributed by atoms with Gasteiger partial charge in [0.1, 0.15) is 12.4 Å². The van der Waals surface area contributed by atoms with Gasteiger partial charge in [0.25, 0.3) is 0 Å². The molecule has 0 aromatic heterocycles. The second-order valence-electron chi connectivity index (χ2n) is 8.82. The minimum atomic E-state index is -3.11. The first-order valence-corrected chi connectivity index (χ1v) is 13.1. The van der Waals surface area contributed by atoms with Gasteiger partial charge in [0.05, 0.1) is 11.5 Å². The SMILES string of the molecule is Cc1ccc(Oc2cc(COc3c(F)cc(COP(=O)(N4CC4)N4CC4)cc3F)ccc2[N+](=O)[O-])cc1. The molecule has 0 bridgehead atoms. The summed E-state index contributed by atoms with van der Waals surface area (Å²) in [6, 6.07) is 13.2. The van der Waals surface area contributed by atoms with Crippen molar-refractivity contribution in [2.45, 2.75) is 20.1 Å². The normalized spacial score (nSPS) is 15.4. The maximum absolute atomic E-state index is 14.7. The minimum Gasteiger partial charge on any atom is -0.483 e. The third-order valence-electron chi connectivity index (χ3n) is 5.87. The Morgan fingerprint density at radius 3 is 2.11 bits per heavy atom. The number of nitrogens with zero attached hydrogens (tertiary/aromatic N) is 3. The first kappa shape index (κ1) is 25.3. The van der Waals surface area contributed by atoms with Gasteiger partial charge in [-0.1, -0.05) is 17.7 Å². The molecule has 2 saturated heterocycles. The van der Waals surface area contributed by atoms with E-state index in [-0.39, 0.29) is 30.2 Å². The molecule has 37 heavy (non-hydrogen) atoms. The summed E-state index contributed by atoms with van der Waals surface area (Å²) in [5, 5.41) is 11.4. The average Bonchev–Trinajstić information content (AvgIpc) is 3.76. The maximum Gasteiger partial charge on any atom is 0.346 e. The molecule has 0 N–H and O–H groups in total. The highest BCUT2D eigenvalue weighted by atomic mass is 31.2. The van der Waals surface area contributed by atoms with Crippen molar-refractivity contribution in [1.82, 2.24) is 9.34 Å². The summed E-state index contributed by atoms with van der Waals surface area (Å²) in [6.45, 7) is 4.12. The standard InChI is InChI=1S/C25H24F2N3O6P/c1-17-2-5-20(6-3-17)36-24-14-18(4-7-23(24)30(31)32)15-34-25-21(26)12-19(13-22(25)27)16-35-37(33,28-8-9-28)29-10-11-29/h2-7,12-14H,8-11,15-16H2,1H3. The van der Waals surface area contributed by atoms with Crippen LogP contribution in [0.25, 0.3) is 0 Å². The van der Waals surface area contributed by atoms with E-state index in [0.717, 1.165) is 17.7 Å². The third-order valence-corrected chi connectivity index (χ3v) is 8.57. The molecule has 0 aliphatic carbocycles. The predicted molar refractivity (Wildman–Crippen MR) is 131 cm³/mol. The Bertz CT molecular complexity index is 1340. The second kappa shape index (κ2) is 10.2. The number of benzene rings is 3. The molecule has 2 fully saturated rings. The topological polar surface area (TPSA) is 93.9 Å². The number of hydrogen-bond donors (Lipinski definition) is 0. The number of nitro benzene ring substituents is 1. The molecule has 9 nitrogen and oxygen atoms in total. The quantitative estimate of drug-likeness (QED) is 0.133. The van der Waals surface area contributed by atoms with Gasteiger partial charge in [-0.3, -0.25) is 14.7 Å². The smallest absolute Gasteiger partial charge is 0.346 e. The van der Waals surface area contributed by atoms with Crippen molar-refractivity contribution < 1.29 is 32.3 Å². The van der Waals surface area contributed by atoms with Gasteiger partial charge in [0, 0.05) is 32.2 Å². The van der Waals surface area contributed by atoms with Crippen molar-refractivity contribution in [1.29, 1.82) is 0 Å². The molecule has 2 aliphatic rings. The molecular formula is C25H24F2N3O6P. The van der Waals surface area contributed by atoms with Crippen molar-refractivity contribution in [3.05, 3.63) is 93.0 Å². The molecule has 5 rings (SSSR count). The summed E-state index contributed by atoms with van der Waals surface area (Å²) in [7, 11) is -3.11. The predicted octanol–water partition coefficient (Wildman–Crippen LogP) is 5.81. The van der Waals surface area contributed by atoms with Crippen LogP contribution >= 0.6 is 7.67 Å². The summed E-state index contributed by atoms with van der Waals surface area (Å²) in [5.74, 6) is -2.09. The van der Waals surface area contributed by atoms with Crippen LogP contribution in [0.3, 0.4) is 0 Å². The monoisotopic (exact) mass is 531 g/mol. The second-order valence-corrected chi connectivity index (χ2v) is 11.2. The Morgan fingerprint density at radius 1 is 0.919 bits per heavy atom. The highest BCUT2D eigenvalue weighted by Gasteiger charge is 2.49. The lowest BCUT2D eigenvalue weighted by molar-refractivity contribution is -0.385. The zero-order valence-electron chi connectivity index (χ0n) is 19.9. The summed E-state index contributed by atoms with van der Waals surface area (Å²) < 4.78 is 62.5. The lowest BCUT2D eigenvalue weighted by Gasteiger charge is -2.20. The molecule has 0 spiro atoms. The van der Waals surface area contributed by atoms with E-state index in [0.29, 0.717) is 37.5 Å². The number of ether oxygens (including phenoxy) is 2. The molecule has 3 aromatic rings. The van der Waals surface area contributed by atoms with E-state index in [4.69, 9.17) is 14.0 Å². The number of nitro groups is 1. The molecule has 2 aliphatic heterocycles. The number of hydrogen-bond acceptors (Lipinski definition) is 6. The zero-order chi connectivity index (χ0) is 26.2. The van der Waals surface area contributed by atoms with Crippen LogP contribution in [0.15, 0.2) is 54.6 Å². The van der Waals surface area contributed by atoms with Gasteiger partial charge in [0.15, 0.2) is 17.4 Å². The van der Waals surface area contributed by atoms with Crippen molar-refractivity contribution in [3.8, 4) is 17.2 Å². The lowest BCUT2D eigenvalue weighted by Crippen LogP contribution is -2.08. The summed E-state index contributed by atoms with van der Waals surface area (Å²) in [6.07, 6.45) is 0. The van der Waals surface area contributed by atoms with Gasteiger partial charge in [-0.25, -0.2) is 18.1 Å². The van der Waals surface area contributed by atoms with Crippen molar-refractivity contribution in [2.75, 3.05) is 26.2 Å². The number of halogens is 2. The molecular weight excluding hydrogens is 507 g/mol. The van der Waals surface area contributed by atoms with E-state index in [1.54, 1.807) is 33.6 Å². The first-order chi connectivity index (χ1) is 17.7. The summed E-state index contributed by atoms with van der Waals surface area (Å²) in [5.41, 5.74) is 1.35. The fourth-order valence-corrected chi connectivity index (χ4v) is 5.89. The maximum atomic E-state index is 14.7. The zero-order valence-corrected chi connectivity index (χ0v) is 20.8. The first-order valence-electron chi connectivity index (χ1n) is 11.6. The van der Waals surface area contributed by atoms with Crippen LogP contribution in [-0.4, -0.2) is 40.4 Å². The van der Waals surface area contributed by atoms with Gasteiger partial charge in [-0.05, 0) is 54.4 Å². The molecule has 3 aromatic carbocycles. The molecule has 0 amide bonds. The van der Waals surface area contributed by atoms with Gasteiger partial charge < -0.3 is 14.0 Å². The Morgan fingerprint density at radius 2 is 1.54 bits per heavy atom. The van der Waals surface area contributed by atoms with Crippen LogP contribution in [0.5, 0.6) is 17.2 Å². The third kappa shape index (κ3) is 5.80. The fraction of sp³-hybridized carbons (Fsp3) is 0.280. The van der Waals surface area contributed by atoms with Gasteiger partial charge in [0.2, 0.25) is 5.75 Å². The molecule has 194 valence electrons. The summed E-state index contributed by atoms with van der Waals surface area (Å²) >= 11 is 0. The Labute approximate surface area is 211 Å². The fourth-order valence-electron chi connectivity index (χ4n) is 3.70. The van der Waals surface area contributed by atoms with Crippen LogP contribution in [0.1, 0.15) is 16.7 Å². The highest BCUT2D eigenvalue weighted by Crippen LogP contribution is 2.61. The van der Waals surface area contributed by atoms with E-state index in [1.165, 1.54) is 18.2 Å². The van der Waals surface area contributed by atoms with Crippen LogP contribution in [-0.2, 0) is 22.3 Å². The highest BCUT2D eigenvalue weighted by molar-refractivity contribution is 7.54. The summed E-state index contributed by atoms with van der Waals surface area (Å²) in [4.78, 5) is 10.9. The molecule has 2 heterocycles. The number of rotatable bonds is 11. The van der Waals surface area contributed by atoms with Crippen LogP contribution in [0.4, 0.5) is 14.5 Å².